The Bertz CT molecular complexity index is 581. The molecule has 0 unspecified atom stereocenters. The molecule has 0 radical (unpaired) electrons. The van der Waals surface area contributed by atoms with E-state index in [4.69, 9.17) is 9.52 Å². The maximum atomic E-state index is 11.0. The molecule has 0 saturated carbocycles. The number of hydrogen-bond donors (Lipinski definition) is 2. The van der Waals surface area contributed by atoms with Crippen LogP contribution >= 0.6 is 0 Å². The van der Waals surface area contributed by atoms with E-state index in [0.717, 1.165) is 0 Å². The number of fused-ring (bicyclic) bond motifs is 1. The van der Waals surface area contributed by atoms with Gasteiger partial charge in [-0.3, -0.25) is 9.89 Å². The van der Waals surface area contributed by atoms with Crippen LogP contribution in [0.5, 0.6) is 0 Å². The van der Waals surface area contributed by atoms with E-state index in [1.54, 1.807) is 6.92 Å². The average Bonchev–Trinajstić information content (AvgIpc) is 2.46. The molecule has 0 saturated heterocycles. The molecule has 6 nitrogen and oxygen atoms in total. The Labute approximate surface area is 83.5 Å². The van der Waals surface area contributed by atoms with Gasteiger partial charge in [0.1, 0.15) is 0 Å². The maximum Gasteiger partial charge on any atom is 0.337 e. The first-order valence-electron chi connectivity index (χ1n) is 4.27. The molecule has 2 N–H and O–H groups in total. The fourth-order valence-corrected chi connectivity index (χ4v) is 1.49. The number of aromatic nitrogens is 2. The molecule has 0 amide bonds. The van der Waals surface area contributed by atoms with Crippen molar-refractivity contribution in [3.63, 3.8) is 0 Å². The Morgan fingerprint density at radius 3 is 3.07 bits per heavy atom. The van der Waals surface area contributed by atoms with Gasteiger partial charge in [-0.25, -0.2) is 4.79 Å². The topological polar surface area (TPSA) is 96.2 Å². The quantitative estimate of drug-likeness (QED) is 0.746. The second-order valence-electron chi connectivity index (χ2n) is 3.20. The Morgan fingerprint density at radius 2 is 2.40 bits per heavy atom. The number of hydrogen-bond acceptors (Lipinski definition) is 4. The number of nitrogens with one attached hydrogen (secondary N) is 1. The molecule has 0 spiro atoms. The van der Waals surface area contributed by atoms with E-state index in [2.05, 4.69) is 10.2 Å². The van der Waals surface area contributed by atoms with Crippen LogP contribution in [0.4, 0.5) is 0 Å². The highest BCUT2D eigenvalue weighted by Crippen LogP contribution is 2.18. The van der Waals surface area contributed by atoms with E-state index in [1.807, 2.05) is 0 Å². The van der Waals surface area contributed by atoms with Gasteiger partial charge in [0.05, 0.1) is 17.5 Å². The molecule has 0 atom stereocenters. The van der Waals surface area contributed by atoms with Gasteiger partial charge in [0.15, 0.2) is 0 Å². The summed E-state index contributed by atoms with van der Waals surface area (Å²) in [5.41, 5.74) is 0.759. The molecule has 0 bridgehead atoms. The summed E-state index contributed by atoms with van der Waals surface area (Å²) in [5, 5.41) is 15.5. The molecular weight excluding hydrogens is 200 g/mol. The Kier molecular flexibility index (Phi) is 2.03. The van der Waals surface area contributed by atoms with Gasteiger partial charge < -0.3 is 9.52 Å². The summed E-state index contributed by atoms with van der Waals surface area (Å²) in [7, 11) is 0. The number of aryl methyl sites for hydroxylation is 1. The third-order valence-corrected chi connectivity index (χ3v) is 2.06. The van der Waals surface area contributed by atoms with E-state index in [0.29, 0.717) is 16.6 Å². The van der Waals surface area contributed by atoms with E-state index < -0.39 is 11.6 Å². The highest BCUT2D eigenvalue weighted by atomic mass is 16.4. The van der Waals surface area contributed by atoms with Crippen molar-refractivity contribution in [1.29, 1.82) is 0 Å². The van der Waals surface area contributed by atoms with Crippen molar-refractivity contribution in [2.24, 2.45) is 0 Å². The molecule has 0 fully saturated rings. The molecule has 0 aliphatic heterocycles. The van der Waals surface area contributed by atoms with Crippen molar-refractivity contribution in [2.45, 2.75) is 13.3 Å². The monoisotopic (exact) mass is 208 g/mol. The highest BCUT2D eigenvalue weighted by Gasteiger charge is 2.13. The van der Waals surface area contributed by atoms with E-state index in [9.17, 15) is 9.59 Å². The van der Waals surface area contributed by atoms with E-state index >= 15 is 0 Å². The number of carboxylic acid groups (broad SMARTS) is 1. The smallest absolute Gasteiger partial charge is 0.337 e. The number of rotatable bonds is 2. The average molecular weight is 208 g/mol. The van der Waals surface area contributed by atoms with Crippen LogP contribution in [0.3, 0.4) is 0 Å². The molecule has 2 rings (SSSR count). The molecule has 78 valence electrons. The van der Waals surface area contributed by atoms with Gasteiger partial charge in [-0.2, -0.15) is 0 Å². The largest absolute Gasteiger partial charge is 0.481 e. The van der Waals surface area contributed by atoms with Crippen LogP contribution in [0.2, 0.25) is 0 Å². The van der Waals surface area contributed by atoms with Crippen molar-refractivity contribution in [1.82, 2.24) is 10.2 Å². The fourth-order valence-electron chi connectivity index (χ4n) is 1.49. The maximum absolute atomic E-state index is 11.0. The van der Waals surface area contributed by atoms with E-state index in [1.165, 1.54) is 6.07 Å². The van der Waals surface area contributed by atoms with E-state index in [-0.39, 0.29) is 12.1 Å². The lowest BCUT2D eigenvalue weighted by Gasteiger charge is -1.95. The Balaban J connectivity index is 2.68. The third kappa shape index (κ3) is 1.61. The summed E-state index contributed by atoms with van der Waals surface area (Å²) in [6.07, 6.45) is -0.176. The number of aromatic amines is 1. The van der Waals surface area contributed by atoms with Gasteiger partial charge in [0, 0.05) is 6.07 Å². The summed E-state index contributed by atoms with van der Waals surface area (Å²) in [6.45, 7) is 1.71. The van der Waals surface area contributed by atoms with Crippen LogP contribution in [0, 0.1) is 6.92 Å². The molecular formula is C9H8N2O4. The summed E-state index contributed by atoms with van der Waals surface area (Å²) in [6, 6.07) is 1.31. The minimum atomic E-state index is -0.967. The summed E-state index contributed by atoms with van der Waals surface area (Å²) < 4.78 is 4.81. The predicted octanol–water partition coefficient (Wildman–Crippen LogP) is 0.452. The minimum Gasteiger partial charge on any atom is -0.481 e. The Hall–Kier alpha value is -2.11. The van der Waals surface area contributed by atoms with Crippen LogP contribution in [0.25, 0.3) is 11.1 Å². The van der Waals surface area contributed by atoms with Crippen LogP contribution < -0.4 is 5.63 Å². The zero-order chi connectivity index (χ0) is 11.0. The summed E-state index contributed by atoms with van der Waals surface area (Å²) in [4.78, 5) is 21.5. The first-order chi connectivity index (χ1) is 7.08. The van der Waals surface area contributed by atoms with Crippen LogP contribution in [0.15, 0.2) is 15.3 Å². The molecule has 2 aromatic heterocycles. The second kappa shape index (κ2) is 3.23. The second-order valence-corrected chi connectivity index (χ2v) is 3.20. The lowest BCUT2D eigenvalue weighted by atomic mass is 10.1. The highest BCUT2D eigenvalue weighted by molar-refractivity contribution is 5.83. The van der Waals surface area contributed by atoms with Gasteiger partial charge in [-0.15, -0.1) is 5.10 Å². The number of carbonyl (C=O) groups is 1. The lowest BCUT2D eigenvalue weighted by molar-refractivity contribution is -0.136. The predicted molar refractivity (Wildman–Crippen MR) is 50.7 cm³/mol. The molecule has 6 heteroatoms. The van der Waals surface area contributed by atoms with Gasteiger partial charge >= 0.3 is 11.6 Å². The number of nitrogens with zero attached hydrogens (tertiary/aromatic N) is 1. The number of aliphatic carboxylic acids is 1. The lowest BCUT2D eigenvalue weighted by Crippen LogP contribution is -2.02. The molecule has 2 aromatic rings. The van der Waals surface area contributed by atoms with Gasteiger partial charge in [-0.05, 0) is 12.5 Å². The van der Waals surface area contributed by atoms with Gasteiger partial charge in [0.2, 0.25) is 5.71 Å². The third-order valence-electron chi connectivity index (χ3n) is 2.06. The van der Waals surface area contributed by atoms with Crippen molar-refractivity contribution in [2.75, 3.05) is 0 Å². The number of H-pyrrole nitrogens is 1. The number of carboxylic acids is 1. The van der Waals surface area contributed by atoms with Crippen molar-refractivity contribution < 1.29 is 14.3 Å². The zero-order valence-corrected chi connectivity index (χ0v) is 7.90. The molecule has 15 heavy (non-hydrogen) atoms. The summed E-state index contributed by atoms with van der Waals surface area (Å²) in [5.74, 6) is -0.967. The van der Waals surface area contributed by atoms with Crippen molar-refractivity contribution in [3.8, 4) is 0 Å². The molecule has 0 aliphatic carbocycles. The van der Waals surface area contributed by atoms with Crippen LogP contribution in [0.1, 0.15) is 11.3 Å². The van der Waals surface area contributed by atoms with Crippen LogP contribution in [-0.2, 0) is 11.2 Å². The van der Waals surface area contributed by atoms with Gasteiger partial charge in [-0.1, -0.05) is 0 Å². The molecule has 2 heterocycles. The van der Waals surface area contributed by atoms with Gasteiger partial charge in [0.25, 0.3) is 0 Å². The molecule has 0 aromatic carbocycles. The zero-order valence-electron chi connectivity index (χ0n) is 7.90. The summed E-state index contributed by atoms with van der Waals surface area (Å²) >= 11 is 0. The van der Waals surface area contributed by atoms with Crippen molar-refractivity contribution in [3.05, 3.63) is 27.7 Å². The first kappa shape index (κ1) is 9.45. The molecule has 0 aliphatic rings. The minimum absolute atomic E-state index is 0.149. The standard InChI is InChI=1S/C9H8N2O4/c1-4-2-7(14)15-9-8(4)5(10-11-9)3-6(12)13/h2H,3H2,1H3,(H,10,11)(H,12,13). The Morgan fingerprint density at radius 1 is 1.67 bits per heavy atom. The fraction of sp³-hybridized carbons (Fsp3) is 0.222. The van der Waals surface area contributed by atoms with Crippen LogP contribution in [-0.4, -0.2) is 21.3 Å². The van der Waals surface area contributed by atoms with Crippen molar-refractivity contribution >= 4 is 17.1 Å². The first-order valence-corrected chi connectivity index (χ1v) is 4.27. The normalized spacial score (nSPS) is 10.7. The SMILES string of the molecule is Cc1cc(=O)oc2n[nH]c(CC(=O)O)c12.